The van der Waals surface area contributed by atoms with Crippen molar-refractivity contribution in [1.29, 1.82) is 0 Å². The number of hydrogen-bond acceptors (Lipinski definition) is 6. The van der Waals surface area contributed by atoms with E-state index in [0.717, 1.165) is 11.3 Å². The summed E-state index contributed by atoms with van der Waals surface area (Å²) in [7, 11) is -3.92. The first-order valence-corrected chi connectivity index (χ1v) is 10.6. The Morgan fingerprint density at radius 3 is 2.44 bits per heavy atom. The molecule has 1 aromatic carbocycles. The number of rotatable bonds is 8. The highest BCUT2D eigenvalue weighted by atomic mass is 35.5. The SMILES string of the molecule is CC(C)C(NS(=O)(=O)c1ccc(Cl)cc1)C(=O)Nc1nc(CC(N)=O)cs1. The summed E-state index contributed by atoms with van der Waals surface area (Å²) >= 11 is 6.90. The number of hydrogen-bond donors (Lipinski definition) is 3. The lowest BCUT2D eigenvalue weighted by atomic mass is 10.1. The summed E-state index contributed by atoms with van der Waals surface area (Å²) in [5.74, 6) is -1.41. The number of sulfonamides is 1. The lowest BCUT2D eigenvalue weighted by Gasteiger charge is -2.21. The number of nitrogens with zero attached hydrogens (tertiary/aromatic N) is 1. The molecule has 0 saturated carbocycles. The molecule has 1 aromatic heterocycles. The predicted molar refractivity (Wildman–Crippen MR) is 104 cm³/mol. The molecule has 2 aromatic rings. The summed E-state index contributed by atoms with van der Waals surface area (Å²) in [6.07, 6.45) is -0.0385. The molecule has 0 radical (unpaired) electrons. The van der Waals surface area contributed by atoms with Crippen LogP contribution in [0.5, 0.6) is 0 Å². The van der Waals surface area contributed by atoms with Gasteiger partial charge in [-0.05, 0) is 30.2 Å². The van der Waals surface area contributed by atoms with Crippen LogP contribution in [0.3, 0.4) is 0 Å². The topological polar surface area (TPSA) is 131 Å². The Morgan fingerprint density at radius 2 is 1.89 bits per heavy atom. The molecule has 0 saturated heterocycles. The third-order valence-electron chi connectivity index (χ3n) is 3.49. The van der Waals surface area contributed by atoms with Gasteiger partial charge in [-0.1, -0.05) is 25.4 Å². The minimum absolute atomic E-state index is 0.00310. The van der Waals surface area contributed by atoms with Gasteiger partial charge in [-0.3, -0.25) is 9.59 Å². The van der Waals surface area contributed by atoms with Gasteiger partial charge in [0.05, 0.1) is 17.0 Å². The van der Waals surface area contributed by atoms with Crippen LogP contribution in [0.15, 0.2) is 34.5 Å². The summed E-state index contributed by atoms with van der Waals surface area (Å²) in [5, 5.41) is 4.83. The van der Waals surface area contributed by atoms with Crippen LogP contribution in [0.4, 0.5) is 5.13 Å². The quantitative estimate of drug-likeness (QED) is 0.587. The number of amides is 2. The van der Waals surface area contributed by atoms with Crippen molar-refractivity contribution in [2.45, 2.75) is 31.2 Å². The van der Waals surface area contributed by atoms with Crippen molar-refractivity contribution >= 4 is 49.9 Å². The molecule has 2 rings (SSSR count). The number of nitrogens with two attached hydrogens (primary N) is 1. The van der Waals surface area contributed by atoms with Crippen molar-refractivity contribution in [3.8, 4) is 0 Å². The van der Waals surface area contributed by atoms with E-state index in [1.165, 1.54) is 24.3 Å². The van der Waals surface area contributed by atoms with Gasteiger partial charge in [-0.15, -0.1) is 11.3 Å². The first-order valence-electron chi connectivity index (χ1n) is 7.90. The van der Waals surface area contributed by atoms with Crippen molar-refractivity contribution in [3.05, 3.63) is 40.4 Å². The molecule has 0 bridgehead atoms. The minimum atomic E-state index is -3.92. The fraction of sp³-hybridized carbons (Fsp3) is 0.312. The molecule has 0 aliphatic heterocycles. The summed E-state index contributed by atoms with van der Waals surface area (Å²) in [6.45, 7) is 3.43. The molecule has 11 heteroatoms. The summed E-state index contributed by atoms with van der Waals surface area (Å²) in [4.78, 5) is 27.6. The minimum Gasteiger partial charge on any atom is -0.369 e. The molecule has 0 aliphatic carbocycles. The molecule has 4 N–H and O–H groups in total. The van der Waals surface area contributed by atoms with Crippen LogP contribution in [0.1, 0.15) is 19.5 Å². The molecule has 0 aliphatic rings. The van der Waals surface area contributed by atoms with Crippen molar-refractivity contribution in [2.75, 3.05) is 5.32 Å². The van der Waals surface area contributed by atoms with Gasteiger partial charge in [0.1, 0.15) is 6.04 Å². The van der Waals surface area contributed by atoms with Crippen molar-refractivity contribution in [3.63, 3.8) is 0 Å². The average Bonchev–Trinajstić information content (AvgIpc) is 2.98. The Balaban J connectivity index is 2.14. The summed E-state index contributed by atoms with van der Waals surface area (Å²) < 4.78 is 27.5. The van der Waals surface area contributed by atoms with Gasteiger partial charge in [0, 0.05) is 10.4 Å². The van der Waals surface area contributed by atoms with E-state index in [2.05, 4.69) is 15.0 Å². The first kappa shape index (κ1) is 21.3. The number of primary amides is 1. The lowest BCUT2D eigenvalue weighted by molar-refractivity contribution is -0.119. The second-order valence-corrected chi connectivity index (χ2v) is 9.08. The Hall–Kier alpha value is -2.01. The maximum absolute atomic E-state index is 12.6. The Bertz CT molecular complexity index is 926. The van der Waals surface area contributed by atoms with Gasteiger partial charge < -0.3 is 11.1 Å². The molecule has 27 heavy (non-hydrogen) atoms. The number of halogens is 1. The zero-order chi connectivity index (χ0) is 20.2. The maximum Gasteiger partial charge on any atom is 0.244 e. The zero-order valence-electron chi connectivity index (χ0n) is 14.6. The fourth-order valence-corrected chi connectivity index (χ4v) is 4.33. The van der Waals surface area contributed by atoms with Gasteiger partial charge in [-0.2, -0.15) is 4.72 Å². The Kier molecular flexibility index (Phi) is 6.93. The van der Waals surface area contributed by atoms with Crippen molar-refractivity contribution < 1.29 is 18.0 Å². The molecule has 2 amide bonds. The van der Waals surface area contributed by atoms with Crippen LogP contribution >= 0.6 is 22.9 Å². The molecule has 146 valence electrons. The lowest BCUT2D eigenvalue weighted by Crippen LogP contribution is -2.47. The normalized spacial score (nSPS) is 12.7. The van der Waals surface area contributed by atoms with Crippen LogP contribution in [0.2, 0.25) is 5.02 Å². The third kappa shape index (κ3) is 5.99. The van der Waals surface area contributed by atoms with Crippen LogP contribution in [-0.4, -0.2) is 31.3 Å². The number of anilines is 1. The maximum atomic E-state index is 12.6. The largest absolute Gasteiger partial charge is 0.369 e. The van der Waals surface area contributed by atoms with E-state index in [1.54, 1.807) is 19.2 Å². The number of thiazole rings is 1. The highest BCUT2D eigenvalue weighted by Gasteiger charge is 2.29. The number of nitrogens with one attached hydrogen (secondary N) is 2. The number of benzene rings is 1. The van der Waals surface area contributed by atoms with E-state index in [4.69, 9.17) is 17.3 Å². The average molecular weight is 431 g/mol. The molecular weight excluding hydrogens is 412 g/mol. The molecule has 1 atom stereocenters. The van der Waals surface area contributed by atoms with Crippen LogP contribution in [-0.2, 0) is 26.0 Å². The van der Waals surface area contributed by atoms with Gasteiger partial charge in [0.25, 0.3) is 0 Å². The van der Waals surface area contributed by atoms with Gasteiger partial charge in [0.15, 0.2) is 5.13 Å². The molecule has 8 nitrogen and oxygen atoms in total. The van der Waals surface area contributed by atoms with E-state index >= 15 is 0 Å². The summed E-state index contributed by atoms with van der Waals surface area (Å²) in [6, 6.07) is 4.61. The Morgan fingerprint density at radius 1 is 1.26 bits per heavy atom. The predicted octanol–water partition coefficient (Wildman–Crippen LogP) is 1.77. The number of aromatic nitrogens is 1. The first-order chi connectivity index (χ1) is 12.6. The molecule has 1 unspecified atom stereocenters. The van der Waals surface area contributed by atoms with E-state index in [9.17, 15) is 18.0 Å². The van der Waals surface area contributed by atoms with Gasteiger partial charge >= 0.3 is 0 Å². The highest BCUT2D eigenvalue weighted by molar-refractivity contribution is 7.89. The van der Waals surface area contributed by atoms with Crippen LogP contribution in [0.25, 0.3) is 0 Å². The van der Waals surface area contributed by atoms with Crippen molar-refractivity contribution in [2.24, 2.45) is 11.7 Å². The molecule has 0 spiro atoms. The van der Waals surface area contributed by atoms with E-state index in [1.807, 2.05) is 0 Å². The van der Waals surface area contributed by atoms with Crippen molar-refractivity contribution in [1.82, 2.24) is 9.71 Å². The highest BCUT2D eigenvalue weighted by Crippen LogP contribution is 2.19. The third-order valence-corrected chi connectivity index (χ3v) is 6.01. The molecule has 1 heterocycles. The van der Waals surface area contributed by atoms with E-state index in [0.29, 0.717) is 10.7 Å². The van der Waals surface area contributed by atoms with Crippen LogP contribution in [0, 0.1) is 5.92 Å². The smallest absolute Gasteiger partial charge is 0.244 e. The van der Waals surface area contributed by atoms with E-state index < -0.39 is 27.9 Å². The summed E-state index contributed by atoms with van der Waals surface area (Å²) in [5.41, 5.74) is 5.55. The fourth-order valence-electron chi connectivity index (χ4n) is 2.15. The number of carbonyl (C=O) groups excluding carboxylic acids is 2. The van der Waals surface area contributed by atoms with E-state index in [-0.39, 0.29) is 22.4 Å². The zero-order valence-corrected chi connectivity index (χ0v) is 17.0. The van der Waals surface area contributed by atoms with Crippen LogP contribution < -0.4 is 15.8 Å². The second kappa shape index (κ2) is 8.79. The molecule has 0 fully saturated rings. The molecular formula is C16H19ClN4O4S2. The van der Waals surface area contributed by atoms with Gasteiger partial charge in [0.2, 0.25) is 21.8 Å². The Labute approximate surface area is 166 Å². The monoisotopic (exact) mass is 430 g/mol. The standard InChI is InChI=1S/C16H19ClN4O4S2/c1-9(2)14(21-27(24,25)12-5-3-10(17)4-6-12)15(23)20-16-19-11(8-26-16)7-13(18)22/h3-6,8-9,14,21H,7H2,1-2H3,(H2,18,22)(H,19,20,23). The van der Waals surface area contributed by atoms with Gasteiger partial charge in [-0.25, -0.2) is 13.4 Å². The second-order valence-electron chi connectivity index (χ2n) is 6.07. The number of carbonyl (C=O) groups is 2.